The van der Waals surface area contributed by atoms with Crippen LogP contribution >= 0.6 is 0 Å². The van der Waals surface area contributed by atoms with E-state index in [1.54, 1.807) is 14.2 Å². The number of fused-ring (bicyclic) bond motifs is 1. The van der Waals surface area contributed by atoms with Crippen molar-refractivity contribution < 1.29 is 14.3 Å². The number of aromatic nitrogens is 1. The van der Waals surface area contributed by atoms with Gasteiger partial charge in [-0.25, -0.2) is 0 Å². The van der Waals surface area contributed by atoms with Crippen LogP contribution in [-0.4, -0.2) is 43.1 Å². The van der Waals surface area contributed by atoms with E-state index in [1.807, 2.05) is 47.5 Å². The van der Waals surface area contributed by atoms with Crippen LogP contribution in [0.2, 0.25) is 0 Å². The highest BCUT2D eigenvalue weighted by atomic mass is 16.5. The van der Waals surface area contributed by atoms with E-state index in [1.165, 1.54) is 11.1 Å². The molecular weight excluding hydrogens is 352 g/mol. The molecule has 2 aromatic carbocycles. The Morgan fingerprint density at radius 2 is 1.82 bits per heavy atom. The van der Waals surface area contributed by atoms with E-state index in [0.717, 1.165) is 40.9 Å². The second-order valence-electron chi connectivity index (χ2n) is 6.96. The molecule has 28 heavy (non-hydrogen) atoms. The number of hydrogen-bond donors (Lipinski definition) is 1. The fraction of sp³-hybridized carbons (Fsp3) is 0.261. The number of carbonyl (C=O) groups is 1. The lowest BCUT2D eigenvalue weighted by molar-refractivity contribution is -0.130. The van der Waals surface area contributed by atoms with Crippen LogP contribution in [0.5, 0.6) is 11.5 Å². The summed E-state index contributed by atoms with van der Waals surface area (Å²) in [7, 11) is 3.32. The Kier molecular flexibility index (Phi) is 5.06. The van der Waals surface area contributed by atoms with Gasteiger partial charge in [0.1, 0.15) is 11.5 Å². The third kappa shape index (κ3) is 3.60. The summed E-state index contributed by atoms with van der Waals surface area (Å²) >= 11 is 0. The molecule has 5 nitrogen and oxygen atoms in total. The Balaban J connectivity index is 1.46. The second kappa shape index (κ2) is 7.80. The number of methoxy groups -OCH3 is 2. The monoisotopic (exact) mass is 376 g/mol. The molecule has 1 aromatic heterocycles. The maximum atomic E-state index is 12.7. The van der Waals surface area contributed by atoms with Crippen LogP contribution in [0.4, 0.5) is 0 Å². The highest BCUT2D eigenvalue weighted by Gasteiger charge is 2.19. The summed E-state index contributed by atoms with van der Waals surface area (Å²) in [6.07, 6.45) is 5.47. The van der Waals surface area contributed by atoms with Gasteiger partial charge in [-0.1, -0.05) is 18.2 Å². The van der Waals surface area contributed by atoms with Gasteiger partial charge >= 0.3 is 0 Å². The Labute approximate surface area is 164 Å². The van der Waals surface area contributed by atoms with Gasteiger partial charge in [-0.3, -0.25) is 4.79 Å². The van der Waals surface area contributed by atoms with Crippen LogP contribution in [-0.2, 0) is 11.2 Å². The van der Waals surface area contributed by atoms with Crippen molar-refractivity contribution in [2.24, 2.45) is 0 Å². The van der Waals surface area contributed by atoms with Crippen LogP contribution in [0.1, 0.15) is 17.5 Å². The van der Waals surface area contributed by atoms with Crippen LogP contribution < -0.4 is 9.47 Å². The molecule has 5 heteroatoms. The minimum absolute atomic E-state index is 0.154. The van der Waals surface area contributed by atoms with Crippen LogP contribution in [0.25, 0.3) is 16.5 Å². The zero-order chi connectivity index (χ0) is 19.5. The molecule has 0 saturated carbocycles. The van der Waals surface area contributed by atoms with Gasteiger partial charge < -0.3 is 19.4 Å². The standard InChI is InChI=1S/C23H24N2O3/c1-27-18-5-3-16(4-6-18)13-23(26)25-11-9-17(10-12-25)21-15-24-22-8-7-19(28-2)14-20(21)22/h3-9,14-15,24H,10-13H2,1-2H3. The molecule has 2 heterocycles. The first kappa shape index (κ1) is 18.2. The van der Waals surface area contributed by atoms with E-state index in [0.29, 0.717) is 13.0 Å². The van der Waals surface area contributed by atoms with Crippen molar-refractivity contribution in [3.63, 3.8) is 0 Å². The van der Waals surface area contributed by atoms with Crippen molar-refractivity contribution in [1.82, 2.24) is 9.88 Å². The molecule has 4 rings (SSSR count). The number of carbonyl (C=O) groups excluding carboxylic acids is 1. The van der Waals surface area contributed by atoms with Gasteiger partial charge in [-0.05, 0) is 47.9 Å². The van der Waals surface area contributed by atoms with Crippen molar-refractivity contribution >= 4 is 22.4 Å². The summed E-state index contributed by atoms with van der Waals surface area (Å²) in [6, 6.07) is 13.7. The fourth-order valence-corrected chi connectivity index (χ4v) is 3.66. The quantitative estimate of drug-likeness (QED) is 0.731. The molecule has 0 atom stereocenters. The Bertz CT molecular complexity index is 1020. The Hall–Kier alpha value is -3.21. The zero-order valence-corrected chi connectivity index (χ0v) is 16.2. The van der Waals surface area contributed by atoms with Crippen molar-refractivity contribution in [1.29, 1.82) is 0 Å². The van der Waals surface area contributed by atoms with E-state index < -0.39 is 0 Å². The predicted molar refractivity (Wildman–Crippen MR) is 111 cm³/mol. The van der Waals surface area contributed by atoms with Gasteiger partial charge in [0.25, 0.3) is 0 Å². The number of nitrogens with one attached hydrogen (secondary N) is 1. The SMILES string of the molecule is COc1ccc(CC(=O)N2CC=C(c3c[nH]c4ccc(OC)cc34)CC2)cc1. The molecule has 0 fully saturated rings. The number of nitrogens with zero attached hydrogens (tertiary/aromatic N) is 1. The van der Waals surface area contributed by atoms with Crippen LogP contribution in [0, 0.1) is 0 Å². The molecule has 0 aliphatic carbocycles. The fourth-order valence-electron chi connectivity index (χ4n) is 3.66. The molecular formula is C23H24N2O3. The lowest BCUT2D eigenvalue weighted by Crippen LogP contribution is -2.35. The van der Waals surface area contributed by atoms with Crippen molar-refractivity contribution in [3.05, 3.63) is 65.9 Å². The minimum atomic E-state index is 0.154. The summed E-state index contributed by atoms with van der Waals surface area (Å²) in [5, 5.41) is 1.16. The van der Waals surface area contributed by atoms with E-state index in [9.17, 15) is 4.79 Å². The van der Waals surface area contributed by atoms with Gasteiger partial charge in [0.15, 0.2) is 0 Å². The Morgan fingerprint density at radius 1 is 1.07 bits per heavy atom. The maximum absolute atomic E-state index is 12.7. The van der Waals surface area contributed by atoms with Crippen molar-refractivity contribution in [3.8, 4) is 11.5 Å². The Morgan fingerprint density at radius 3 is 2.50 bits per heavy atom. The third-order valence-corrected chi connectivity index (χ3v) is 5.31. The van der Waals surface area contributed by atoms with E-state index in [-0.39, 0.29) is 5.91 Å². The highest BCUT2D eigenvalue weighted by Crippen LogP contribution is 2.31. The first-order valence-electron chi connectivity index (χ1n) is 9.43. The average molecular weight is 376 g/mol. The first-order valence-corrected chi connectivity index (χ1v) is 9.43. The lowest BCUT2D eigenvalue weighted by atomic mass is 9.98. The van der Waals surface area contributed by atoms with Crippen LogP contribution in [0.3, 0.4) is 0 Å². The lowest BCUT2D eigenvalue weighted by Gasteiger charge is -2.26. The molecule has 0 radical (unpaired) electrons. The largest absolute Gasteiger partial charge is 0.497 e. The van der Waals surface area contributed by atoms with Gasteiger partial charge in [0, 0.05) is 35.8 Å². The number of ether oxygens (including phenoxy) is 2. The van der Waals surface area contributed by atoms with E-state index in [4.69, 9.17) is 9.47 Å². The predicted octanol–water partition coefficient (Wildman–Crippen LogP) is 4.04. The van der Waals surface area contributed by atoms with Gasteiger partial charge in [-0.2, -0.15) is 0 Å². The van der Waals surface area contributed by atoms with Gasteiger partial charge in [-0.15, -0.1) is 0 Å². The molecule has 1 aliphatic rings. The van der Waals surface area contributed by atoms with E-state index in [2.05, 4.69) is 17.1 Å². The molecule has 0 bridgehead atoms. The van der Waals surface area contributed by atoms with Gasteiger partial charge in [0.2, 0.25) is 5.91 Å². The summed E-state index contributed by atoms with van der Waals surface area (Å²) < 4.78 is 10.5. The molecule has 1 N–H and O–H groups in total. The van der Waals surface area contributed by atoms with Gasteiger partial charge in [0.05, 0.1) is 20.6 Å². The molecule has 1 aliphatic heterocycles. The van der Waals surface area contributed by atoms with Crippen molar-refractivity contribution in [2.45, 2.75) is 12.8 Å². The third-order valence-electron chi connectivity index (χ3n) is 5.31. The number of amides is 1. The molecule has 1 amide bonds. The number of H-pyrrole nitrogens is 1. The topological polar surface area (TPSA) is 54.6 Å². The average Bonchev–Trinajstić information content (AvgIpc) is 3.17. The zero-order valence-electron chi connectivity index (χ0n) is 16.2. The summed E-state index contributed by atoms with van der Waals surface area (Å²) in [5.74, 6) is 1.80. The second-order valence-corrected chi connectivity index (χ2v) is 6.96. The molecule has 0 saturated heterocycles. The number of rotatable bonds is 5. The summed E-state index contributed by atoms with van der Waals surface area (Å²) in [4.78, 5) is 17.9. The molecule has 0 spiro atoms. The maximum Gasteiger partial charge on any atom is 0.227 e. The smallest absolute Gasteiger partial charge is 0.227 e. The highest BCUT2D eigenvalue weighted by molar-refractivity contribution is 5.94. The number of hydrogen-bond acceptors (Lipinski definition) is 3. The number of aromatic amines is 1. The molecule has 3 aromatic rings. The normalized spacial score (nSPS) is 14.1. The summed E-state index contributed by atoms with van der Waals surface area (Å²) in [5.41, 5.74) is 4.56. The molecule has 0 unspecified atom stereocenters. The van der Waals surface area contributed by atoms with E-state index >= 15 is 0 Å². The van der Waals surface area contributed by atoms with Crippen LogP contribution in [0.15, 0.2) is 54.7 Å². The summed E-state index contributed by atoms with van der Waals surface area (Å²) in [6.45, 7) is 1.37. The number of benzene rings is 2. The first-order chi connectivity index (χ1) is 13.7. The molecule has 144 valence electrons. The minimum Gasteiger partial charge on any atom is -0.497 e. The van der Waals surface area contributed by atoms with Crippen molar-refractivity contribution in [2.75, 3.05) is 27.3 Å².